The van der Waals surface area contributed by atoms with Crippen molar-refractivity contribution in [1.82, 2.24) is 10.2 Å². The van der Waals surface area contributed by atoms with Crippen LogP contribution in [-0.2, 0) is 10.5 Å². The van der Waals surface area contributed by atoms with E-state index in [1.165, 1.54) is 22.7 Å². The van der Waals surface area contributed by atoms with Gasteiger partial charge in [0.05, 0.1) is 11.1 Å². The van der Waals surface area contributed by atoms with Crippen LogP contribution in [0.15, 0.2) is 42.5 Å². The van der Waals surface area contributed by atoms with Crippen LogP contribution in [0, 0.1) is 5.82 Å². The number of carbonyl (C=O) groups is 3. The Bertz CT molecular complexity index is 883. The van der Waals surface area contributed by atoms with Crippen LogP contribution in [-0.4, -0.2) is 41.5 Å². The quantitative estimate of drug-likeness (QED) is 0.480. The zero-order chi connectivity index (χ0) is 20.8. The third kappa shape index (κ3) is 5.16. The fraction of sp³-hybridized carbons (Fsp3) is 0.286. The van der Waals surface area contributed by atoms with E-state index in [9.17, 15) is 18.8 Å². The number of nitrogens with zero attached hydrogens (tertiary/aromatic N) is 1. The van der Waals surface area contributed by atoms with Crippen LogP contribution < -0.4 is 5.32 Å². The largest absolute Gasteiger partial charge is 0.355 e. The highest BCUT2D eigenvalue weighted by Gasteiger charge is 2.34. The van der Waals surface area contributed by atoms with Crippen molar-refractivity contribution in [2.45, 2.75) is 18.6 Å². The molecule has 3 rings (SSSR count). The van der Waals surface area contributed by atoms with E-state index >= 15 is 0 Å². The number of carbonyl (C=O) groups excluding carboxylic acids is 3. The first-order chi connectivity index (χ1) is 14.0. The number of nitrogens with one attached hydrogen (secondary N) is 1. The Morgan fingerprint density at radius 3 is 2.41 bits per heavy atom. The van der Waals surface area contributed by atoms with Crippen LogP contribution in [0.4, 0.5) is 4.39 Å². The number of benzene rings is 2. The first-order valence-corrected chi connectivity index (χ1v) is 10.7. The number of hydrogen-bond acceptors (Lipinski definition) is 4. The molecule has 5 nitrogen and oxygen atoms in total. The molecule has 2 aromatic carbocycles. The van der Waals surface area contributed by atoms with Crippen molar-refractivity contribution in [3.8, 4) is 0 Å². The molecular formula is C21H20ClFN2O3S. The van der Waals surface area contributed by atoms with Gasteiger partial charge in [0.15, 0.2) is 0 Å². The van der Waals surface area contributed by atoms with Crippen LogP contribution in [0.5, 0.6) is 0 Å². The van der Waals surface area contributed by atoms with Gasteiger partial charge in [0.25, 0.3) is 11.8 Å². The minimum absolute atomic E-state index is 0.147. The van der Waals surface area contributed by atoms with Gasteiger partial charge in [-0.3, -0.25) is 19.3 Å². The van der Waals surface area contributed by atoms with Gasteiger partial charge in [-0.15, -0.1) is 0 Å². The standard InChI is InChI=1S/C21H20ClFN2O3S/c22-17-7-3-8-18(23)16(17)13-29-12-10-24-19(26)9-4-11-25-20(27)14-5-1-2-6-15(14)21(25)28/h1-3,5-8H,4,9-13H2,(H,24,26). The molecule has 1 N–H and O–H groups in total. The highest BCUT2D eigenvalue weighted by molar-refractivity contribution is 7.98. The lowest BCUT2D eigenvalue weighted by molar-refractivity contribution is -0.121. The van der Waals surface area contributed by atoms with Gasteiger partial charge in [0.1, 0.15) is 5.82 Å². The number of halogens is 2. The Balaban J connectivity index is 1.33. The van der Waals surface area contributed by atoms with Crippen LogP contribution in [0.2, 0.25) is 5.02 Å². The summed E-state index contributed by atoms with van der Waals surface area (Å²) in [7, 11) is 0. The Morgan fingerprint density at radius 1 is 1.07 bits per heavy atom. The van der Waals surface area contributed by atoms with Crippen molar-refractivity contribution < 1.29 is 18.8 Å². The van der Waals surface area contributed by atoms with Crippen LogP contribution in [0.1, 0.15) is 39.1 Å². The Labute approximate surface area is 177 Å². The van der Waals surface area contributed by atoms with E-state index in [-0.39, 0.29) is 36.5 Å². The number of thioether (sulfide) groups is 1. The van der Waals surface area contributed by atoms with Gasteiger partial charge in [-0.2, -0.15) is 11.8 Å². The average molecular weight is 435 g/mol. The van der Waals surface area contributed by atoms with Crippen LogP contribution in [0.25, 0.3) is 0 Å². The predicted octanol–water partition coefficient (Wildman–Crippen LogP) is 3.90. The Kier molecular flexibility index (Phi) is 7.28. The minimum atomic E-state index is -0.331. The maximum Gasteiger partial charge on any atom is 0.261 e. The van der Waals surface area contributed by atoms with Crippen molar-refractivity contribution in [2.24, 2.45) is 0 Å². The molecule has 0 unspecified atom stereocenters. The van der Waals surface area contributed by atoms with E-state index in [0.717, 1.165) is 0 Å². The van der Waals surface area contributed by atoms with Gasteiger partial charge < -0.3 is 5.32 Å². The Morgan fingerprint density at radius 2 is 1.76 bits per heavy atom. The molecule has 0 saturated heterocycles. The molecule has 0 aromatic heterocycles. The summed E-state index contributed by atoms with van der Waals surface area (Å²) in [6.07, 6.45) is 0.618. The SMILES string of the molecule is O=C(CCCN1C(=O)c2ccccc2C1=O)NCCSCc1c(F)cccc1Cl. The molecule has 0 fully saturated rings. The van der Waals surface area contributed by atoms with Crippen molar-refractivity contribution in [3.63, 3.8) is 0 Å². The molecule has 1 aliphatic heterocycles. The molecule has 0 saturated carbocycles. The summed E-state index contributed by atoms with van der Waals surface area (Å²) < 4.78 is 13.7. The molecule has 3 amide bonds. The van der Waals surface area contributed by atoms with Crippen molar-refractivity contribution in [2.75, 3.05) is 18.8 Å². The molecule has 0 spiro atoms. The second kappa shape index (κ2) is 9.89. The molecule has 8 heteroatoms. The first kappa shape index (κ1) is 21.3. The fourth-order valence-electron chi connectivity index (χ4n) is 3.04. The van der Waals surface area contributed by atoms with Crippen molar-refractivity contribution >= 4 is 41.1 Å². The lowest BCUT2D eigenvalue weighted by atomic mass is 10.1. The molecule has 0 radical (unpaired) electrons. The number of fused-ring (bicyclic) bond motifs is 1. The Hall–Kier alpha value is -2.38. The van der Waals surface area contributed by atoms with Gasteiger partial charge in [-0.1, -0.05) is 29.8 Å². The molecule has 29 heavy (non-hydrogen) atoms. The molecule has 0 atom stereocenters. The van der Waals surface area contributed by atoms with Gasteiger partial charge in [-0.25, -0.2) is 4.39 Å². The van der Waals surface area contributed by atoms with E-state index in [1.807, 2.05) is 0 Å². The normalized spacial score (nSPS) is 13.0. The third-order valence-electron chi connectivity index (χ3n) is 4.54. The van der Waals surface area contributed by atoms with Gasteiger partial charge in [0, 0.05) is 41.6 Å². The number of amides is 3. The van der Waals surface area contributed by atoms with Gasteiger partial charge in [-0.05, 0) is 30.7 Å². The predicted molar refractivity (Wildman–Crippen MR) is 112 cm³/mol. The molecule has 2 aromatic rings. The monoisotopic (exact) mass is 434 g/mol. The number of imide groups is 1. The maximum absolute atomic E-state index is 13.7. The smallest absolute Gasteiger partial charge is 0.261 e. The molecule has 1 heterocycles. The van der Waals surface area contributed by atoms with E-state index in [4.69, 9.17) is 11.6 Å². The second-order valence-electron chi connectivity index (χ2n) is 6.51. The number of hydrogen-bond donors (Lipinski definition) is 1. The van der Waals surface area contributed by atoms with E-state index in [2.05, 4.69) is 5.32 Å². The van der Waals surface area contributed by atoms with Gasteiger partial charge >= 0.3 is 0 Å². The van der Waals surface area contributed by atoms with Crippen molar-refractivity contribution in [3.05, 3.63) is 70.0 Å². The van der Waals surface area contributed by atoms with Crippen LogP contribution >= 0.6 is 23.4 Å². The van der Waals surface area contributed by atoms with Gasteiger partial charge in [0.2, 0.25) is 5.91 Å². The van der Waals surface area contributed by atoms with E-state index in [1.54, 1.807) is 36.4 Å². The molecule has 1 aliphatic rings. The maximum atomic E-state index is 13.7. The summed E-state index contributed by atoms with van der Waals surface area (Å²) in [5.41, 5.74) is 1.29. The van der Waals surface area contributed by atoms with Crippen LogP contribution in [0.3, 0.4) is 0 Å². The lowest BCUT2D eigenvalue weighted by Gasteiger charge is -2.13. The molecule has 0 aliphatic carbocycles. The lowest BCUT2D eigenvalue weighted by Crippen LogP contribution is -2.32. The molecular weight excluding hydrogens is 415 g/mol. The summed E-state index contributed by atoms with van der Waals surface area (Å²) >= 11 is 7.46. The summed E-state index contributed by atoms with van der Waals surface area (Å²) in [4.78, 5) is 37.7. The third-order valence-corrected chi connectivity index (χ3v) is 5.88. The highest BCUT2D eigenvalue weighted by Crippen LogP contribution is 2.24. The molecule has 0 bridgehead atoms. The highest BCUT2D eigenvalue weighted by atomic mass is 35.5. The average Bonchev–Trinajstić information content (AvgIpc) is 2.95. The summed E-state index contributed by atoms with van der Waals surface area (Å²) in [5, 5.41) is 3.19. The minimum Gasteiger partial charge on any atom is -0.355 e. The summed E-state index contributed by atoms with van der Waals surface area (Å²) in [5.74, 6) is -0.0487. The first-order valence-electron chi connectivity index (χ1n) is 9.21. The number of rotatable bonds is 9. The summed E-state index contributed by atoms with van der Waals surface area (Å²) in [6, 6.07) is 11.3. The molecule has 152 valence electrons. The van der Waals surface area contributed by atoms with E-state index < -0.39 is 0 Å². The van der Waals surface area contributed by atoms with Crippen molar-refractivity contribution in [1.29, 1.82) is 0 Å². The second-order valence-corrected chi connectivity index (χ2v) is 8.03. The zero-order valence-electron chi connectivity index (χ0n) is 15.6. The zero-order valence-corrected chi connectivity index (χ0v) is 17.2. The summed E-state index contributed by atoms with van der Waals surface area (Å²) in [6.45, 7) is 0.656. The fourth-order valence-corrected chi connectivity index (χ4v) is 4.23. The topological polar surface area (TPSA) is 66.5 Å². The van der Waals surface area contributed by atoms with E-state index in [0.29, 0.717) is 46.2 Å².